The molecule has 0 bridgehead atoms. The van der Waals surface area contributed by atoms with Crippen molar-refractivity contribution in [1.29, 1.82) is 0 Å². The van der Waals surface area contributed by atoms with E-state index in [2.05, 4.69) is 35.3 Å². The predicted molar refractivity (Wildman–Crippen MR) is 76.2 cm³/mol. The van der Waals surface area contributed by atoms with E-state index in [4.69, 9.17) is 5.11 Å². The topological polar surface area (TPSA) is 35.5 Å². The minimum absolute atomic E-state index is 0.252. The number of rotatable bonds is 6. The van der Waals surface area contributed by atoms with Crippen molar-refractivity contribution in [1.82, 2.24) is 4.90 Å². The van der Waals surface area contributed by atoms with Gasteiger partial charge in [0.25, 0.3) is 0 Å². The first-order valence-electron chi connectivity index (χ1n) is 7.02. The summed E-state index contributed by atoms with van der Waals surface area (Å²) in [6.07, 6.45) is 3.51. The third-order valence-electron chi connectivity index (χ3n) is 3.69. The fraction of sp³-hybridized carbons (Fsp3) is 0.600. The minimum atomic E-state index is 0.252. The average Bonchev–Trinajstić information content (AvgIpc) is 2.43. The Bertz CT molecular complexity index is 379. The van der Waals surface area contributed by atoms with Crippen LogP contribution in [0.4, 0.5) is 5.69 Å². The maximum Gasteiger partial charge on any atom is 0.0558 e. The first-order valence-corrected chi connectivity index (χ1v) is 7.02. The molecule has 0 aromatic heterocycles. The van der Waals surface area contributed by atoms with Crippen molar-refractivity contribution in [3.63, 3.8) is 0 Å². The van der Waals surface area contributed by atoms with Gasteiger partial charge in [-0.3, -0.25) is 0 Å². The van der Waals surface area contributed by atoms with E-state index in [-0.39, 0.29) is 6.61 Å². The first kappa shape index (κ1) is 13.4. The molecule has 0 unspecified atom stereocenters. The van der Waals surface area contributed by atoms with Gasteiger partial charge in [-0.05, 0) is 43.0 Å². The highest BCUT2D eigenvalue weighted by atomic mass is 16.3. The summed E-state index contributed by atoms with van der Waals surface area (Å²) >= 11 is 0. The van der Waals surface area contributed by atoms with E-state index in [1.165, 1.54) is 29.7 Å². The lowest BCUT2D eigenvalue weighted by Gasteiger charge is -2.21. The SMILES string of the molecule is CCN(CCO)CCc1ccc2c(c1)CCCN2. The van der Waals surface area contributed by atoms with Gasteiger partial charge in [0, 0.05) is 25.3 Å². The number of anilines is 1. The summed E-state index contributed by atoms with van der Waals surface area (Å²) in [6, 6.07) is 6.78. The third-order valence-corrected chi connectivity index (χ3v) is 3.69. The molecule has 0 radical (unpaired) electrons. The number of aliphatic hydroxyl groups excluding tert-OH is 1. The van der Waals surface area contributed by atoms with Crippen molar-refractivity contribution in [2.45, 2.75) is 26.2 Å². The molecule has 0 amide bonds. The Morgan fingerprint density at radius 2 is 2.22 bits per heavy atom. The zero-order valence-electron chi connectivity index (χ0n) is 11.3. The molecule has 18 heavy (non-hydrogen) atoms. The summed E-state index contributed by atoms with van der Waals surface area (Å²) in [6.45, 7) is 6.32. The highest BCUT2D eigenvalue weighted by molar-refractivity contribution is 5.54. The fourth-order valence-corrected chi connectivity index (χ4v) is 2.54. The predicted octanol–water partition coefficient (Wildman–Crippen LogP) is 1.90. The zero-order valence-corrected chi connectivity index (χ0v) is 11.3. The second-order valence-electron chi connectivity index (χ2n) is 4.93. The molecule has 1 aliphatic heterocycles. The number of fused-ring (bicyclic) bond motifs is 1. The Labute approximate surface area is 110 Å². The third kappa shape index (κ3) is 3.47. The Morgan fingerprint density at radius 3 is 3.00 bits per heavy atom. The average molecular weight is 248 g/mol. The van der Waals surface area contributed by atoms with Crippen molar-refractivity contribution in [2.24, 2.45) is 0 Å². The van der Waals surface area contributed by atoms with E-state index in [0.717, 1.165) is 32.6 Å². The Kier molecular flexibility index (Phi) is 5.02. The molecule has 0 saturated heterocycles. The maximum atomic E-state index is 8.97. The lowest BCUT2D eigenvalue weighted by atomic mass is 9.99. The van der Waals surface area contributed by atoms with E-state index >= 15 is 0 Å². The normalized spacial score (nSPS) is 14.4. The number of likely N-dealkylation sites (N-methyl/N-ethyl adjacent to an activating group) is 1. The number of nitrogens with one attached hydrogen (secondary N) is 1. The number of hydrogen-bond donors (Lipinski definition) is 2. The van der Waals surface area contributed by atoms with Gasteiger partial charge in [-0.2, -0.15) is 0 Å². The van der Waals surface area contributed by atoms with Crippen molar-refractivity contribution in [3.8, 4) is 0 Å². The molecule has 100 valence electrons. The highest BCUT2D eigenvalue weighted by Gasteiger charge is 2.09. The van der Waals surface area contributed by atoms with Gasteiger partial charge >= 0.3 is 0 Å². The van der Waals surface area contributed by atoms with Crippen LogP contribution in [-0.4, -0.2) is 42.8 Å². The smallest absolute Gasteiger partial charge is 0.0558 e. The van der Waals surface area contributed by atoms with Crippen LogP contribution in [0.5, 0.6) is 0 Å². The molecule has 0 aliphatic carbocycles. The maximum absolute atomic E-state index is 8.97. The lowest BCUT2D eigenvalue weighted by molar-refractivity contribution is 0.203. The molecule has 0 spiro atoms. The molecule has 2 rings (SSSR count). The molecule has 3 heteroatoms. The van der Waals surface area contributed by atoms with Crippen LogP contribution in [0.3, 0.4) is 0 Å². The van der Waals surface area contributed by atoms with Crippen LogP contribution in [0, 0.1) is 0 Å². The van der Waals surface area contributed by atoms with E-state index in [9.17, 15) is 0 Å². The van der Waals surface area contributed by atoms with Crippen molar-refractivity contribution in [2.75, 3.05) is 38.1 Å². The van der Waals surface area contributed by atoms with Crippen LogP contribution in [-0.2, 0) is 12.8 Å². The molecule has 0 saturated carbocycles. The van der Waals surface area contributed by atoms with Crippen LogP contribution in [0.1, 0.15) is 24.5 Å². The number of aliphatic hydroxyl groups is 1. The summed E-state index contributed by atoms with van der Waals surface area (Å²) in [7, 11) is 0. The summed E-state index contributed by atoms with van der Waals surface area (Å²) < 4.78 is 0. The van der Waals surface area contributed by atoms with E-state index < -0.39 is 0 Å². The summed E-state index contributed by atoms with van der Waals surface area (Å²) in [5.74, 6) is 0. The number of benzene rings is 1. The molecule has 1 aromatic carbocycles. The van der Waals surface area contributed by atoms with Crippen LogP contribution in [0.15, 0.2) is 18.2 Å². The minimum Gasteiger partial charge on any atom is -0.395 e. The quantitative estimate of drug-likeness (QED) is 0.807. The molecule has 2 N–H and O–H groups in total. The molecule has 3 nitrogen and oxygen atoms in total. The Hall–Kier alpha value is -1.06. The largest absolute Gasteiger partial charge is 0.395 e. The van der Waals surface area contributed by atoms with E-state index in [1.807, 2.05) is 0 Å². The lowest BCUT2D eigenvalue weighted by Crippen LogP contribution is -2.28. The van der Waals surface area contributed by atoms with E-state index in [1.54, 1.807) is 0 Å². The van der Waals surface area contributed by atoms with Gasteiger partial charge in [0.05, 0.1) is 6.61 Å². The standard InChI is InChI=1S/C15H24N2O/c1-2-17(10-11-18)9-7-13-5-6-15-14(12-13)4-3-8-16-15/h5-6,12,16,18H,2-4,7-11H2,1H3. The van der Waals surface area contributed by atoms with Gasteiger partial charge in [-0.1, -0.05) is 19.1 Å². The van der Waals surface area contributed by atoms with Gasteiger partial charge in [0.1, 0.15) is 0 Å². The summed E-state index contributed by atoms with van der Waals surface area (Å²) in [5.41, 5.74) is 4.19. The molecule has 1 aromatic rings. The highest BCUT2D eigenvalue weighted by Crippen LogP contribution is 2.23. The fourth-order valence-electron chi connectivity index (χ4n) is 2.54. The second kappa shape index (κ2) is 6.76. The number of nitrogens with zero attached hydrogens (tertiary/aromatic N) is 1. The zero-order chi connectivity index (χ0) is 12.8. The second-order valence-corrected chi connectivity index (χ2v) is 4.93. The van der Waals surface area contributed by atoms with E-state index in [0.29, 0.717) is 0 Å². The van der Waals surface area contributed by atoms with Crippen LogP contribution < -0.4 is 5.32 Å². The summed E-state index contributed by atoms with van der Waals surface area (Å²) in [5, 5.41) is 12.4. The van der Waals surface area contributed by atoms with Crippen molar-refractivity contribution in [3.05, 3.63) is 29.3 Å². The van der Waals surface area contributed by atoms with Gasteiger partial charge in [-0.25, -0.2) is 0 Å². The van der Waals surface area contributed by atoms with Crippen LogP contribution in [0.25, 0.3) is 0 Å². The van der Waals surface area contributed by atoms with Gasteiger partial charge < -0.3 is 15.3 Å². The van der Waals surface area contributed by atoms with Gasteiger partial charge in [0.2, 0.25) is 0 Å². The summed E-state index contributed by atoms with van der Waals surface area (Å²) in [4.78, 5) is 2.29. The molecule has 0 fully saturated rings. The van der Waals surface area contributed by atoms with Crippen molar-refractivity contribution >= 4 is 5.69 Å². The number of aryl methyl sites for hydroxylation is 1. The van der Waals surface area contributed by atoms with Crippen molar-refractivity contribution < 1.29 is 5.11 Å². The molecule has 1 heterocycles. The Morgan fingerprint density at radius 1 is 1.33 bits per heavy atom. The monoisotopic (exact) mass is 248 g/mol. The van der Waals surface area contributed by atoms with Gasteiger partial charge in [-0.15, -0.1) is 0 Å². The van der Waals surface area contributed by atoms with Gasteiger partial charge in [0.15, 0.2) is 0 Å². The van der Waals surface area contributed by atoms with Crippen LogP contribution >= 0.6 is 0 Å². The molecule has 0 atom stereocenters. The molecular formula is C15H24N2O. The molecular weight excluding hydrogens is 224 g/mol. The number of hydrogen-bond acceptors (Lipinski definition) is 3. The Balaban J connectivity index is 1.93. The van der Waals surface area contributed by atoms with Crippen LogP contribution in [0.2, 0.25) is 0 Å². The molecule has 1 aliphatic rings. The first-order chi connectivity index (χ1) is 8.83.